The van der Waals surface area contributed by atoms with Crippen molar-refractivity contribution in [3.63, 3.8) is 0 Å². The van der Waals surface area contributed by atoms with Crippen molar-refractivity contribution < 1.29 is 9.59 Å². The van der Waals surface area contributed by atoms with E-state index in [2.05, 4.69) is 10.6 Å². The lowest BCUT2D eigenvalue weighted by Crippen LogP contribution is -2.39. The zero-order valence-electron chi connectivity index (χ0n) is 14.5. The Labute approximate surface area is 148 Å². The zero-order valence-corrected chi connectivity index (χ0v) is 15.3. The number of nitrogens with one attached hydrogen (secondary N) is 2. The molecule has 0 spiro atoms. The fourth-order valence-corrected chi connectivity index (χ4v) is 3.87. The second-order valence-corrected chi connectivity index (χ2v) is 7.15. The first-order valence-electron chi connectivity index (χ1n) is 8.64. The normalized spacial score (nSPS) is 14.9. The lowest BCUT2D eigenvalue weighted by molar-refractivity contribution is -0.130. The van der Waals surface area contributed by atoms with Crippen molar-refractivity contribution in [2.75, 3.05) is 29.9 Å². The van der Waals surface area contributed by atoms with Crippen molar-refractivity contribution in [3.8, 4) is 0 Å². The second kappa shape index (κ2) is 9.57. The number of likely N-dealkylation sites (N-methyl/N-ethyl adjacent to an activating group) is 1. The van der Waals surface area contributed by atoms with Crippen LogP contribution >= 0.6 is 11.8 Å². The van der Waals surface area contributed by atoms with Crippen molar-refractivity contribution in [1.82, 2.24) is 10.2 Å². The molecule has 2 N–H and O–H groups in total. The summed E-state index contributed by atoms with van der Waals surface area (Å²) < 4.78 is 0. The second-order valence-electron chi connectivity index (χ2n) is 5.92. The lowest BCUT2D eigenvalue weighted by atomic mass is 10.1. The maximum atomic E-state index is 12.1. The number of nitrogens with zero attached hydrogens (tertiary/aromatic N) is 1. The van der Waals surface area contributed by atoms with Crippen molar-refractivity contribution in [2.45, 2.75) is 39.2 Å². The van der Waals surface area contributed by atoms with Gasteiger partial charge in [-0.05, 0) is 55.9 Å². The lowest BCUT2D eigenvalue weighted by Gasteiger charge is -2.22. The van der Waals surface area contributed by atoms with E-state index in [1.165, 1.54) is 0 Å². The molecule has 0 atom stereocenters. The van der Waals surface area contributed by atoms with Crippen LogP contribution in [0.15, 0.2) is 24.3 Å². The molecule has 0 aliphatic carbocycles. The third-order valence-electron chi connectivity index (χ3n) is 4.24. The third kappa shape index (κ3) is 5.74. The number of benzene rings is 1. The first-order valence-corrected chi connectivity index (χ1v) is 9.79. The molecule has 1 fully saturated rings. The van der Waals surface area contributed by atoms with Gasteiger partial charge in [-0.15, -0.1) is 0 Å². The molecule has 0 unspecified atom stereocenters. The van der Waals surface area contributed by atoms with Gasteiger partial charge < -0.3 is 15.5 Å². The molecule has 6 heteroatoms. The van der Waals surface area contributed by atoms with Crippen LogP contribution < -0.4 is 10.6 Å². The summed E-state index contributed by atoms with van der Waals surface area (Å²) in [5, 5.41) is 5.88. The van der Waals surface area contributed by atoms with E-state index < -0.39 is 0 Å². The van der Waals surface area contributed by atoms with Crippen LogP contribution in [0, 0.1) is 0 Å². The molecule has 132 valence electrons. The quantitative estimate of drug-likeness (QED) is 0.829. The van der Waals surface area contributed by atoms with Crippen LogP contribution in [0.1, 0.15) is 32.3 Å². The molecule has 1 saturated heterocycles. The molecule has 0 aromatic heterocycles. The van der Waals surface area contributed by atoms with Crippen LogP contribution in [0.3, 0.4) is 0 Å². The number of hydrogen-bond acceptors (Lipinski definition) is 3. The number of carbonyl (C=O) groups excluding carboxylic acids is 2. The topological polar surface area (TPSA) is 61.4 Å². The molecule has 1 aromatic carbocycles. The van der Waals surface area contributed by atoms with E-state index in [1.807, 2.05) is 54.8 Å². The molecule has 1 heterocycles. The monoisotopic (exact) mass is 349 g/mol. The molecule has 1 aromatic rings. The van der Waals surface area contributed by atoms with Crippen LogP contribution in [0.2, 0.25) is 0 Å². The summed E-state index contributed by atoms with van der Waals surface area (Å²) in [6.07, 6.45) is 2.46. The van der Waals surface area contributed by atoms with Gasteiger partial charge in [0, 0.05) is 24.8 Å². The molecule has 1 aliphatic heterocycles. The highest BCUT2D eigenvalue weighted by Gasteiger charge is 2.16. The Morgan fingerprint density at radius 3 is 2.33 bits per heavy atom. The SMILES string of the molecule is CCN(CC)C(=O)Cc1ccc(NC(=O)NC2CCSCC2)cc1. The summed E-state index contributed by atoms with van der Waals surface area (Å²) >= 11 is 1.94. The van der Waals surface area contributed by atoms with Gasteiger partial charge in [0.15, 0.2) is 0 Å². The number of rotatable bonds is 6. The number of urea groups is 1. The molecular formula is C18H27N3O2S. The number of thioether (sulfide) groups is 1. The molecule has 3 amide bonds. The molecule has 24 heavy (non-hydrogen) atoms. The average Bonchev–Trinajstić information content (AvgIpc) is 2.58. The Kier molecular flexibility index (Phi) is 7.43. The summed E-state index contributed by atoms with van der Waals surface area (Å²) in [4.78, 5) is 25.9. The summed E-state index contributed by atoms with van der Waals surface area (Å²) in [6, 6.07) is 7.61. The van der Waals surface area contributed by atoms with Crippen LogP contribution in [0.25, 0.3) is 0 Å². The Hall–Kier alpha value is -1.69. The number of hydrogen-bond donors (Lipinski definition) is 2. The van der Waals surface area contributed by atoms with Gasteiger partial charge in [0.1, 0.15) is 0 Å². The van der Waals surface area contributed by atoms with Gasteiger partial charge in [-0.2, -0.15) is 11.8 Å². The summed E-state index contributed by atoms with van der Waals surface area (Å²) in [5.74, 6) is 2.36. The maximum absolute atomic E-state index is 12.1. The van der Waals surface area contributed by atoms with Crippen molar-refractivity contribution in [1.29, 1.82) is 0 Å². The maximum Gasteiger partial charge on any atom is 0.319 e. The van der Waals surface area contributed by atoms with Crippen molar-refractivity contribution >= 4 is 29.4 Å². The Morgan fingerprint density at radius 2 is 1.75 bits per heavy atom. The number of anilines is 1. The fourth-order valence-electron chi connectivity index (χ4n) is 2.76. The fraction of sp³-hybridized carbons (Fsp3) is 0.556. The largest absolute Gasteiger partial charge is 0.343 e. The standard InChI is InChI=1S/C18H27N3O2S/c1-3-21(4-2)17(22)13-14-5-7-15(8-6-14)19-18(23)20-16-9-11-24-12-10-16/h5-8,16H,3-4,9-13H2,1-2H3,(H2,19,20,23). The molecule has 1 aliphatic rings. The highest BCUT2D eigenvalue weighted by Crippen LogP contribution is 2.17. The predicted octanol–water partition coefficient (Wildman–Crippen LogP) is 3.11. The summed E-state index contributed by atoms with van der Waals surface area (Å²) in [5.41, 5.74) is 1.71. The Balaban J connectivity index is 1.82. The van der Waals surface area contributed by atoms with E-state index in [0.29, 0.717) is 6.42 Å². The van der Waals surface area contributed by atoms with Gasteiger partial charge in [0.25, 0.3) is 0 Å². The smallest absolute Gasteiger partial charge is 0.319 e. The van der Waals surface area contributed by atoms with Crippen LogP contribution in [-0.2, 0) is 11.2 Å². The molecule has 0 bridgehead atoms. The Morgan fingerprint density at radius 1 is 1.12 bits per heavy atom. The molecular weight excluding hydrogens is 322 g/mol. The highest BCUT2D eigenvalue weighted by molar-refractivity contribution is 7.99. The van der Waals surface area contributed by atoms with Gasteiger partial charge in [-0.3, -0.25) is 4.79 Å². The van der Waals surface area contributed by atoms with E-state index in [0.717, 1.165) is 48.7 Å². The number of carbonyl (C=O) groups is 2. The van der Waals surface area contributed by atoms with E-state index in [4.69, 9.17) is 0 Å². The minimum Gasteiger partial charge on any atom is -0.343 e. The third-order valence-corrected chi connectivity index (χ3v) is 5.29. The minimum absolute atomic E-state index is 0.133. The molecule has 0 radical (unpaired) electrons. The van der Waals surface area contributed by atoms with E-state index in [-0.39, 0.29) is 18.0 Å². The highest BCUT2D eigenvalue weighted by atomic mass is 32.2. The van der Waals surface area contributed by atoms with E-state index in [9.17, 15) is 9.59 Å². The van der Waals surface area contributed by atoms with Crippen LogP contribution in [-0.4, -0.2) is 47.5 Å². The minimum atomic E-state index is -0.154. The molecule has 2 rings (SSSR count). The molecule has 5 nitrogen and oxygen atoms in total. The number of amides is 3. The van der Waals surface area contributed by atoms with Gasteiger partial charge in [-0.1, -0.05) is 12.1 Å². The first-order chi connectivity index (χ1) is 11.6. The van der Waals surface area contributed by atoms with Crippen molar-refractivity contribution in [3.05, 3.63) is 29.8 Å². The predicted molar refractivity (Wildman–Crippen MR) is 101 cm³/mol. The van der Waals surface area contributed by atoms with Gasteiger partial charge >= 0.3 is 6.03 Å². The van der Waals surface area contributed by atoms with Crippen LogP contribution in [0.4, 0.5) is 10.5 Å². The summed E-state index contributed by atoms with van der Waals surface area (Å²) in [7, 11) is 0. The first kappa shape index (κ1) is 18.6. The summed E-state index contributed by atoms with van der Waals surface area (Å²) in [6.45, 7) is 5.43. The van der Waals surface area contributed by atoms with Gasteiger partial charge in [0.2, 0.25) is 5.91 Å². The average molecular weight is 350 g/mol. The van der Waals surface area contributed by atoms with Crippen molar-refractivity contribution in [2.24, 2.45) is 0 Å². The molecule has 0 saturated carbocycles. The van der Waals surface area contributed by atoms with Gasteiger partial charge in [0.05, 0.1) is 6.42 Å². The zero-order chi connectivity index (χ0) is 17.4. The van der Waals surface area contributed by atoms with E-state index >= 15 is 0 Å². The van der Waals surface area contributed by atoms with E-state index in [1.54, 1.807) is 0 Å². The van der Waals surface area contributed by atoms with Gasteiger partial charge in [-0.25, -0.2) is 4.79 Å². The Bertz CT molecular complexity index is 538. The van der Waals surface area contributed by atoms with Crippen LogP contribution in [0.5, 0.6) is 0 Å².